The molecular formula is C23H24N4O3. The quantitative estimate of drug-likeness (QED) is 0.567. The molecule has 2 amide bonds. The number of amides is 2. The highest BCUT2D eigenvalue weighted by Crippen LogP contribution is 2.29. The molecule has 0 bridgehead atoms. The maximum absolute atomic E-state index is 13.1. The largest absolute Gasteiger partial charge is 0.505 e. The molecule has 0 aliphatic heterocycles. The molecular weight excluding hydrogens is 380 g/mol. The third-order valence-corrected chi connectivity index (χ3v) is 5.34. The molecule has 0 radical (unpaired) electrons. The van der Waals surface area contributed by atoms with Crippen LogP contribution in [0.2, 0.25) is 0 Å². The molecule has 1 aliphatic rings. The van der Waals surface area contributed by atoms with Crippen molar-refractivity contribution < 1.29 is 14.7 Å². The first-order valence-corrected chi connectivity index (χ1v) is 10.2. The summed E-state index contributed by atoms with van der Waals surface area (Å²) in [5, 5.41) is 16.2. The number of carbonyl (C=O) groups is 2. The van der Waals surface area contributed by atoms with Crippen molar-refractivity contribution in [2.75, 3.05) is 13.1 Å². The SMILES string of the molecule is Cc1ccc2nc3c(c(C(=O)NCCNC(=O)c4ncccc4O)c2c1)CCCC3. The van der Waals surface area contributed by atoms with Crippen molar-refractivity contribution in [3.05, 3.63) is 64.6 Å². The summed E-state index contributed by atoms with van der Waals surface area (Å²) in [7, 11) is 0. The number of aromatic nitrogens is 2. The van der Waals surface area contributed by atoms with Crippen LogP contribution in [0.1, 0.15) is 50.5 Å². The average molecular weight is 404 g/mol. The Morgan fingerprint density at radius 3 is 2.63 bits per heavy atom. The summed E-state index contributed by atoms with van der Waals surface area (Å²) >= 11 is 0. The van der Waals surface area contributed by atoms with Crippen LogP contribution in [-0.4, -0.2) is 40.0 Å². The van der Waals surface area contributed by atoms with E-state index in [2.05, 4.69) is 15.6 Å². The van der Waals surface area contributed by atoms with Crippen LogP contribution in [0.25, 0.3) is 10.9 Å². The average Bonchev–Trinajstić information content (AvgIpc) is 2.75. The van der Waals surface area contributed by atoms with E-state index in [1.807, 2.05) is 25.1 Å². The van der Waals surface area contributed by atoms with Crippen LogP contribution in [0, 0.1) is 6.92 Å². The Labute approximate surface area is 174 Å². The Hall–Kier alpha value is -3.48. The third kappa shape index (κ3) is 3.96. The predicted octanol–water partition coefficient (Wildman–Crippen LogP) is 2.68. The van der Waals surface area contributed by atoms with E-state index in [0.717, 1.165) is 53.4 Å². The van der Waals surface area contributed by atoms with E-state index in [0.29, 0.717) is 5.56 Å². The molecule has 7 nitrogen and oxygen atoms in total. The van der Waals surface area contributed by atoms with Gasteiger partial charge in [-0.15, -0.1) is 0 Å². The minimum absolute atomic E-state index is 0.0338. The van der Waals surface area contributed by atoms with E-state index in [9.17, 15) is 14.7 Å². The Balaban J connectivity index is 1.49. The monoisotopic (exact) mass is 404 g/mol. The number of hydrogen-bond donors (Lipinski definition) is 3. The summed E-state index contributed by atoms with van der Waals surface area (Å²) in [6.45, 7) is 2.50. The summed E-state index contributed by atoms with van der Waals surface area (Å²) in [5.41, 5.74) is 4.64. The zero-order chi connectivity index (χ0) is 21.1. The smallest absolute Gasteiger partial charge is 0.273 e. The minimum atomic E-state index is -0.482. The number of hydrogen-bond acceptors (Lipinski definition) is 5. The van der Waals surface area contributed by atoms with Gasteiger partial charge < -0.3 is 15.7 Å². The lowest BCUT2D eigenvalue weighted by molar-refractivity contribution is 0.0923. The van der Waals surface area contributed by atoms with Gasteiger partial charge in [0.1, 0.15) is 5.75 Å². The second-order valence-corrected chi connectivity index (χ2v) is 7.52. The van der Waals surface area contributed by atoms with Gasteiger partial charge in [0.05, 0.1) is 11.1 Å². The highest BCUT2D eigenvalue weighted by atomic mass is 16.3. The summed E-state index contributed by atoms with van der Waals surface area (Å²) in [6.07, 6.45) is 5.32. The lowest BCUT2D eigenvalue weighted by Crippen LogP contribution is -2.35. The van der Waals surface area contributed by atoms with Gasteiger partial charge in [0.2, 0.25) is 0 Å². The Morgan fingerprint density at radius 2 is 1.83 bits per heavy atom. The standard InChI is InChI=1S/C23H24N4O3/c1-14-8-9-18-16(13-14)20(15-5-2-3-6-17(15)27-18)22(29)25-11-12-26-23(30)21-19(28)7-4-10-24-21/h4,7-10,13,28H,2-3,5-6,11-12H2,1H3,(H,25,29)(H,26,30). The summed E-state index contributed by atoms with van der Waals surface area (Å²) < 4.78 is 0. The summed E-state index contributed by atoms with van der Waals surface area (Å²) in [6, 6.07) is 8.94. The van der Waals surface area contributed by atoms with Crippen LogP contribution in [0.15, 0.2) is 36.5 Å². The first-order chi connectivity index (χ1) is 14.5. The first-order valence-electron chi connectivity index (χ1n) is 10.2. The van der Waals surface area contributed by atoms with E-state index < -0.39 is 5.91 Å². The van der Waals surface area contributed by atoms with Crippen molar-refractivity contribution in [1.82, 2.24) is 20.6 Å². The molecule has 3 N–H and O–H groups in total. The number of fused-ring (bicyclic) bond motifs is 2. The predicted molar refractivity (Wildman–Crippen MR) is 114 cm³/mol. The van der Waals surface area contributed by atoms with Gasteiger partial charge in [-0.25, -0.2) is 4.98 Å². The molecule has 154 valence electrons. The van der Waals surface area contributed by atoms with Crippen LogP contribution >= 0.6 is 0 Å². The molecule has 30 heavy (non-hydrogen) atoms. The fraction of sp³-hybridized carbons (Fsp3) is 0.304. The Morgan fingerprint density at radius 1 is 1.07 bits per heavy atom. The summed E-state index contributed by atoms with van der Waals surface area (Å²) in [4.78, 5) is 33.9. The van der Waals surface area contributed by atoms with Gasteiger partial charge in [0.25, 0.3) is 11.8 Å². The van der Waals surface area contributed by atoms with Crippen molar-refractivity contribution in [3.63, 3.8) is 0 Å². The minimum Gasteiger partial charge on any atom is -0.505 e. The van der Waals surface area contributed by atoms with E-state index in [4.69, 9.17) is 4.98 Å². The van der Waals surface area contributed by atoms with Gasteiger partial charge in [-0.3, -0.25) is 14.6 Å². The van der Waals surface area contributed by atoms with Crippen LogP contribution in [0.5, 0.6) is 5.75 Å². The Bertz CT molecular complexity index is 1130. The van der Waals surface area contributed by atoms with Gasteiger partial charge in [0.15, 0.2) is 5.69 Å². The fourth-order valence-corrected chi connectivity index (χ4v) is 3.89. The van der Waals surface area contributed by atoms with E-state index in [1.54, 1.807) is 6.07 Å². The number of nitrogens with zero attached hydrogens (tertiary/aromatic N) is 2. The molecule has 4 rings (SSSR count). The van der Waals surface area contributed by atoms with Crippen molar-refractivity contribution in [2.45, 2.75) is 32.6 Å². The molecule has 0 unspecified atom stereocenters. The van der Waals surface area contributed by atoms with Crippen molar-refractivity contribution in [2.24, 2.45) is 0 Å². The summed E-state index contributed by atoms with van der Waals surface area (Å²) in [5.74, 6) is -0.810. The number of nitrogens with one attached hydrogen (secondary N) is 2. The second kappa shape index (κ2) is 8.49. The molecule has 0 saturated carbocycles. The zero-order valence-electron chi connectivity index (χ0n) is 16.9. The molecule has 1 aliphatic carbocycles. The van der Waals surface area contributed by atoms with Gasteiger partial charge in [0, 0.05) is 30.4 Å². The molecule has 1 aromatic carbocycles. The van der Waals surface area contributed by atoms with Gasteiger partial charge in [-0.1, -0.05) is 11.6 Å². The normalized spacial score (nSPS) is 13.0. The first kappa shape index (κ1) is 19.8. The molecule has 0 fully saturated rings. The molecule has 3 aromatic rings. The second-order valence-electron chi connectivity index (χ2n) is 7.52. The zero-order valence-corrected chi connectivity index (χ0v) is 16.9. The Kier molecular flexibility index (Phi) is 5.61. The lowest BCUT2D eigenvalue weighted by Gasteiger charge is -2.20. The maximum atomic E-state index is 13.1. The van der Waals surface area contributed by atoms with Crippen molar-refractivity contribution in [3.8, 4) is 5.75 Å². The van der Waals surface area contributed by atoms with Crippen LogP contribution < -0.4 is 10.6 Å². The molecule has 0 atom stereocenters. The van der Waals surface area contributed by atoms with Crippen molar-refractivity contribution >= 4 is 22.7 Å². The van der Waals surface area contributed by atoms with E-state index in [-0.39, 0.29) is 30.4 Å². The van der Waals surface area contributed by atoms with Crippen molar-refractivity contribution in [1.29, 1.82) is 0 Å². The molecule has 2 aromatic heterocycles. The number of benzene rings is 1. The topological polar surface area (TPSA) is 104 Å². The van der Waals surface area contributed by atoms with E-state index >= 15 is 0 Å². The molecule has 7 heteroatoms. The van der Waals surface area contributed by atoms with Crippen LogP contribution in [0.3, 0.4) is 0 Å². The molecule has 0 saturated heterocycles. The van der Waals surface area contributed by atoms with Crippen LogP contribution in [0.4, 0.5) is 0 Å². The number of carbonyl (C=O) groups excluding carboxylic acids is 2. The van der Waals surface area contributed by atoms with Crippen LogP contribution in [-0.2, 0) is 12.8 Å². The maximum Gasteiger partial charge on any atom is 0.273 e. The van der Waals surface area contributed by atoms with E-state index in [1.165, 1.54) is 12.3 Å². The number of aryl methyl sites for hydroxylation is 2. The molecule has 0 spiro atoms. The van der Waals surface area contributed by atoms with Gasteiger partial charge in [-0.2, -0.15) is 0 Å². The molecule has 2 heterocycles. The third-order valence-electron chi connectivity index (χ3n) is 5.34. The highest BCUT2D eigenvalue weighted by Gasteiger charge is 2.22. The number of aromatic hydroxyl groups is 1. The van der Waals surface area contributed by atoms with Gasteiger partial charge in [-0.05, 0) is 62.4 Å². The van der Waals surface area contributed by atoms with Gasteiger partial charge >= 0.3 is 0 Å². The fourth-order valence-electron chi connectivity index (χ4n) is 3.89. The highest BCUT2D eigenvalue weighted by molar-refractivity contribution is 6.08. The number of pyridine rings is 2. The number of rotatable bonds is 5. The lowest BCUT2D eigenvalue weighted by atomic mass is 9.89.